The molecule has 0 heterocycles. The van der Waals surface area contributed by atoms with Crippen LogP contribution in [0.25, 0.3) is 0 Å². The Hall–Kier alpha value is -1.02. The van der Waals surface area contributed by atoms with Gasteiger partial charge in [-0.2, -0.15) is 0 Å². The lowest BCUT2D eigenvalue weighted by atomic mass is 9.93. The van der Waals surface area contributed by atoms with Crippen LogP contribution in [-0.2, 0) is 4.79 Å². The van der Waals surface area contributed by atoms with Crippen molar-refractivity contribution in [1.29, 1.82) is 0 Å². The summed E-state index contributed by atoms with van der Waals surface area (Å²) in [6, 6.07) is 7.78. The molecule has 0 saturated carbocycles. The summed E-state index contributed by atoms with van der Waals surface area (Å²) >= 11 is 5.92. The molecule has 0 fully saturated rings. The Labute approximate surface area is 167 Å². The van der Waals surface area contributed by atoms with Crippen molar-refractivity contribution in [3.63, 3.8) is 0 Å². The third-order valence-corrected chi connectivity index (χ3v) is 3.79. The summed E-state index contributed by atoms with van der Waals surface area (Å²) in [6.45, 7) is 8.96. The number of amides is 1. The fraction of sp³-hybridized carbons (Fsp3) is 0.529. The maximum Gasteiger partial charge on any atom is 0.227 e. The zero-order chi connectivity index (χ0) is 17.5. The Bertz CT molecular complexity index is 546. The molecule has 1 rings (SSSR count). The quantitative estimate of drug-likeness (QED) is 0.342. The summed E-state index contributed by atoms with van der Waals surface area (Å²) in [5.41, 5.74) is 0.561. The predicted molar refractivity (Wildman–Crippen MR) is 112 cm³/mol. The van der Waals surface area contributed by atoms with E-state index in [2.05, 4.69) is 27.9 Å². The fourth-order valence-electron chi connectivity index (χ4n) is 2.05. The van der Waals surface area contributed by atoms with Gasteiger partial charge in [0.25, 0.3) is 0 Å². The Morgan fingerprint density at radius 3 is 2.38 bits per heavy atom. The molecule has 1 aromatic carbocycles. The minimum Gasteiger partial charge on any atom is -0.359 e. The van der Waals surface area contributed by atoms with E-state index in [4.69, 9.17) is 11.6 Å². The number of rotatable bonds is 6. The minimum absolute atomic E-state index is 0. The van der Waals surface area contributed by atoms with Crippen LogP contribution >= 0.6 is 35.6 Å². The van der Waals surface area contributed by atoms with Crippen LogP contribution in [0.15, 0.2) is 29.3 Å². The summed E-state index contributed by atoms with van der Waals surface area (Å²) in [5, 5.41) is 9.94. The number of guanidine groups is 1. The zero-order valence-corrected chi connectivity index (χ0v) is 18.0. The van der Waals surface area contributed by atoms with Crippen LogP contribution in [0, 0.1) is 5.41 Å². The molecule has 1 atom stereocenters. The minimum atomic E-state index is -0.555. The molecule has 0 radical (unpaired) electrons. The van der Waals surface area contributed by atoms with Crippen molar-refractivity contribution in [2.75, 3.05) is 20.1 Å². The second-order valence-corrected chi connectivity index (χ2v) is 6.51. The lowest BCUT2D eigenvalue weighted by Crippen LogP contribution is -2.41. The lowest BCUT2D eigenvalue weighted by molar-refractivity contribution is -0.128. The number of nitrogens with zero attached hydrogens (tertiary/aromatic N) is 1. The van der Waals surface area contributed by atoms with Gasteiger partial charge >= 0.3 is 0 Å². The summed E-state index contributed by atoms with van der Waals surface area (Å²) in [7, 11) is 1.64. The average Bonchev–Trinajstić information content (AvgIpc) is 2.52. The van der Waals surface area contributed by atoms with Crippen molar-refractivity contribution >= 4 is 47.4 Å². The van der Waals surface area contributed by atoms with E-state index in [1.54, 1.807) is 7.05 Å². The highest BCUT2D eigenvalue weighted by Gasteiger charge is 2.26. The molecular formula is C17H28ClIN4O. The van der Waals surface area contributed by atoms with Gasteiger partial charge in [0.2, 0.25) is 5.91 Å². The van der Waals surface area contributed by atoms with Crippen molar-refractivity contribution in [2.45, 2.75) is 33.7 Å². The first-order chi connectivity index (χ1) is 10.8. The van der Waals surface area contributed by atoms with Gasteiger partial charge < -0.3 is 16.0 Å². The molecule has 1 aromatic rings. The van der Waals surface area contributed by atoms with E-state index < -0.39 is 5.41 Å². The van der Waals surface area contributed by atoms with E-state index in [9.17, 15) is 4.79 Å². The van der Waals surface area contributed by atoms with Crippen molar-refractivity contribution in [3.05, 3.63) is 34.9 Å². The maximum atomic E-state index is 11.8. The molecule has 1 unspecified atom stereocenters. The third-order valence-electron chi connectivity index (χ3n) is 3.54. The summed E-state index contributed by atoms with van der Waals surface area (Å²) in [4.78, 5) is 16.4. The van der Waals surface area contributed by atoms with E-state index in [1.807, 2.05) is 45.0 Å². The van der Waals surface area contributed by atoms with Crippen LogP contribution < -0.4 is 16.0 Å². The Morgan fingerprint density at radius 1 is 1.29 bits per heavy atom. The van der Waals surface area contributed by atoms with E-state index in [1.165, 1.54) is 0 Å². The molecule has 24 heavy (non-hydrogen) atoms. The number of benzene rings is 1. The molecule has 1 amide bonds. The van der Waals surface area contributed by atoms with Gasteiger partial charge in [0, 0.05) is 18.6 Å². The second-order valence-electron chi connectivity index (χ2n) is 6.08. The molecule has 136 valence electrons. The molecule has 0 aromatic heterocycles. The van der Waals surface area contributed by atoms with Crippen LogP contribution in [0.2, 0.25) is 5.02 Å². The molecule has 7 heteroatoms. The summed E-state index contributed by atoms with van der Waals surface area (Å²) in [6.07, 6.45) is 0. The zero-order valence-electron chi connectivity index (χ0n) is 14.9. The number of aliphatic imine (C=N–C) groups is 1. The van der Waals surface area contributed by atoms with Gasteiger partial charge in [0.1, 0.15) is 0 Å². The molecule has 0 aliphatic heterocycles. The topological polar surface area (TPSA) is 65.5 Å². The van der Waals surface area contributed by atoms with Crippen molar-refractivity contribution in [3.8, 4) is 0 Å². The van der Waals surface area contributed by atoms with E-state index in [0.29, 0.717) is 17.5 Å². The number of nitrogens with one attached hydrogen (secondary N) is 3. The summed E-state index contributed by atoms with van der Waals surface area (Å²) in [5.74, 6) is 0.662. The van der Waals surface area contributed by atoms with Gasteiger partial charge in [-0.25, -0.2) is 0 Å². The largest absolute Gasteiger partial charge is 0.359 e. The molecule has 0 aliphatic carbocycles. The average molecular weight is 467 g/mol. The number of halogens is 2. The lowest BCUT2D eigenvalue weighted by Gasteiger charge is -2.22. The number of hydrogen-bond donors (Lipinski definition) is 3. The van der Waals surface area contributed by atoms with Gasteiger partial charge in [0.15, 0.2) is 5.96 Å². The molecule has 0 saturated heterocycles. The van der Waals surface area contributed by atoms with Gasteiger partial charge in [-0.15, -0.1) is 24.0 Å². The van der Waals surface area contributed by atoms with Crippen LogP contribution in [0.5, 0.6) is 0 Å². The third kappa shape index (κ3) is 7.25. The van der Waals surface area contributed by atoms with Gasteiger partial charge in [-0.1, -0.05) is 23.7 Å². The highest BCUT2D eigenvalue weighted by atomic mass is 127. The molecule has 0 bridgehead atoms. The smallest absolute Gasteiger partial charge is 0.227 e. The van der Waals surface area contributed by atoms with Crippen LogP contribution in [0.4, 0.5) is 0 Å². The van der Waals surface area contributed by atoms with Gasteiger partial charge in [-0.3, -0.25) is 9.79 Å². The second kappa shape index (κ2) is 10.8. The van der Waals surface area contributed by atoms with E-state index in [0.717, 1.165) is 12.1 Å². The van der Waals surface area contributed by atoms with Crippen LogP contribution in [0.1, 0.15) is 39.3 Å². The van der Waals surface area contributed by atoms with Crippen molar-refractivity contribution < 1.29 is 4.79 Å². The molecule has 5 nitrogen and oxygen atoms in total. The normalized spacial score (nSPS) is 12.8. The Morgan fingerprint density at radius 2 is 1.88 bits per heavy atom. The Balaban J connectivity index is 0.00000529. The van der Waals surface area contributed by atoms with Crippen LogP contribution in [0.3, 0.4) is 0 Å². The monoisotopic (exact) mass is 466 g/mol. The number of hydrogen-bond acceptors (Lipinski definition) is 2. The van der Waals surface area contributed by atoms with E-state index in [-0.39, 0.29) is 35.9 Å². The molecule has 0 aliphatic rings. The number of carbonyl (C=O) groups is 1. The van der Waals surface area contributed by atoms with E-state index >= 15 is 0 Å². The molecule has 0 spiro atoms. The summed E-state index contributed by atoms with van der Waals surface area (Å²) < 4.78 is 0. The molecule has 3 N–H and O–H groups in total. The van der Waals surface area contributed by atoms with Gasteiger partial charge in [0.05, 0.1) is 18.0 Å². The van der Waals surface area contributed by atoms with Crippen LogP contribution in [-0.4, -0.2) is 32.0 Å². The van der Waals surface area contributed by atoms with Gasteiger partial charge in [-0.05, 0) is 45.4 Å². The van der Waals surface area contributed by atoms with Crippen molar-refractivity contribution in [1.82, 2.24) is 16.0 Å². The molecular weight excluding hydrogens is 439 g/mol. The maximum absolute atomic E-state index is 11.8. The SMILES string of the molecule is CCNC(=NCC(C)(C)C(=O)NC)NC(C)c1ccc(Cl)cc1.I. The fourth-order valence-corrected chi connectivity index (χ4v) is 2.17. The first-order valence-electron chi connectivity index (χ1n) is 7.82. The highest BCUT2D eigenvalue weighted by molar-refractivity contribution is 14.0. The van der Waals surface area contributed by atoms with Crippen molar-refractivity contribution in [2.24, 2.45) is 10.4 Å². The standard InChI is InChI=1S/C17H27ClN4O.HI/c1-6-20-16(21-11-17(3,4)15(23)19-5)22-12(2)13-7-9-14(18)10-8-13;/h7-10,12H,6,11H2,1-5H3,(H,19,23)(H2,20,21,22);1H. The first kappa shape index (κ1) is 23.0. The first-order valence-corrected chi connectivity index (χ1v) is 8.20. The number of carbonyl (C=O) groups excluding carboxylic acids is 1. The highest BCUT2D eigenvalue weighted by Crippen LogP contribution is 2.17. The predicted octanol–water partition coefficient (Wildman–Crippen LogP) is 3.35. The Kier molecular flexibility index (Phi) is 10.3.